The summed E-state index contributed by atoms with van der Waals surface area (Å²) in [4.78, 5) is 0. The van der Waals surface area contributed by atoms with E-state index in [-0.39, 0.29) is 17.5 Å². The van der Waals surface area contributed by atoms with Crippen molar-refractivity contribution in [1.29, 1.82) is 0 Å². The highest BCUT2D eigenvalue weighted by Crippen LogP contribution is 2.09. The van der Waals surface area contributed by atoms with Crippen molar-refractivity contribution < 1.29 is 15.5 Å². The van der Waals surface area contributed by atoms with Crippen molar-refractivity contribution >= 4 is 0 Å². The number of rotatable bonds is 3. The summed E-state index contributed by atoms with van der Waals surface area (Å²) < 4.78 is 0. The molecule has 0 heterocycles. The highest BCUT2D eigenvalue weighted by Gasteiger charge is 1.96. The molecule has 1 aromatic carbocycles. The SMILES string of the molecule is Oc1ccc(CCN(O)O)cc1. The lowest BCUT2D eigenvalue weighted by atomic mass is 10.1. The summed E-state index contributed by atoms with van der Waals surface area (Å²) in [6.45, 7) is 0.158. The Hall–Kier alpha value is -1.10. The molecule has 4 nitrogen and oxygen atoms in total. The molecule has 0 saturated carbocycles. The lowest BCUT2D eigenvalue weighted by molar-refractivity contribution is -0.305. The number of nitrogens with zero attached hydrogens (tertiary/aromatic N) is 1. The second-order valence-corrected chi connectivity index (χ2v) is 2.51. The van der Waals surface area contributed by atoms with Crippen LogP contribution < -0.4 is 0 Å². The van der Waals surface area contributed by atoms with Crippen molar-refractivity contribution in [3.8, 4) is 5.75 Å². The van der Waals surface area contributed by atoms with Crippen LogP contribution in [-0.2, 0) is 6.42 Å². The van der Waals surface area contributed by atoms with Crippen LogP contribution in [-0.4, -0.2) is 27.3 Å². The van der Waals surface area contributed by atoms with Crippen LogP contribution in [0.4, 0.5) is 0 Å². The molecule has 3 N–H and O–H groups in total. The molecule has 0 aliphatic rings. The van der Waals surface area contributed by atoms with Crippen LogP contribution in [0.15, 0.2) is 24.3 Å². The quantitative estimate of drug-likeness (QED) is 0.591. The second kappa shape index (κ2) is 4.06. The minimum atomic E-state index is 0.146. The molecule has 0 amide bonds. The number of hydrogen-bond acceptors (Lipinski definition) is 4. The van der Waals surface area contributed by atoms with Gasteiger partial charge in [0.1, 0.15) is 5.75 Å². The molecular formula is C8H11NO3. The summed E-state index contributed by atoms with van der Waals surface area (Å²) in [6.07, 6.45) is 0.535. The molecule has 12 heavy (non-hydrogen) atoms. The van der Waals surface area contributed by atoms with Crippen molar-refractivity contribution in [3.05, 3.63) is 29.8 Å². The number of benzene rings is 1. The number of aromatic hydroxyl groups is 1. The maximum atomic E-state index is 8.92. The Morgan fingerprint density at radius 2 is 1.67 bits per heavy atom. The van der Waals surface area contributed by atoms with Crippen LogP contribution in [0.1, 0.15) is 5.56 Å². The lowest BCUT2D eigenvalue weighted by Crippen LogP contribution is -2.16. The van der Waals surface area contributed by atoms with Crippen molar-refractivity contribution in [2.75, 3.05) is 6.54 Å². The van der Waals surface area contributed by atoms with E-state index in [0.717, 1.165) is 5.56 Å². The maximum absolute atomic E-state index is 8.92. The van der Waals surface area contributed by atoms with Gasteiger partial charge in [0.2, 0.25) is 0 Å². The first-order chi connectivity index (χ1) is 5.68. The van der Waals surface area contributed by atoms with Gasteiger partial charge in [-0.3, -0.25) is 10.4 Å². The Morgan fingerprint density at radius 1 is 1.08 bits per heavy atom. The molecule has 0 radical (unpaired) electrons. The van der Waals surface area contributed by atoms with Gasteiger partial charge in [0, 0.05) is 0 Å². The minimum Gasteiger partial charge on any atom is -0.508 e. The average Bonchev–Trinajstić information content (AvgIpc) is 2.03. The smallest absolute Gasteiger partial charge is 0.115 e. The summed E-state index contributed by atoms with van der Waals surface area (Å²) in [5.74, 6) is 0.212. The third kappa shape index (κ3) is 2.87. The fourth-order valence-electron chi connectivity index (χ4n) is 0.892. The Labute approximate surface area is 70.2 Å². The molecule has 0 saturated heterocycles. The largest absolute Gasteiger partial charge is 0.508 e. The van der Waals surface area contributed by atoms with Gasteiger partial charge in [-0.25, -0.2) is 0 Å². The van der Waals surface area contributed by atoms with E-state index >= 15 is 0 Å². The summed E-state index contributed by atoms with van der Waals surface area (Å²) in [6, 6.07) is 6.60. The van der Waals surface area contributed by atoms with Crippen LogP contribution >= 0.6 is 0 Å². The van der Waals surface area contributed by atoms with Gasteiger partial charge in [-0.05, 0) is 24.1 Å². The highest BCUT2D eigenvalue weighted by atomic mass is 16.8. The molecule has 0 aromatic heterocycles. The Morgan fingerprint density at radius 3 is 2.17 bits per heavy atom. The first-order valence-electron chi connectivity index (χ1n) is 3.61. The van der Waals surface area contributed by atoms with E-state index in [0.29, 0.717) is 6.42 Å². The zero-order valence-electron chi connectivity index (χ0n) is 6.51. The standard InChI is InChI=1S/C8H11NO3/c10-8-3-1-7(2-4-8)5-6-9(11)12/h1-4,10-12H,5-6H2. The van der Waals surface area contributed by atoms with E-state index in [2.05, 4.69) is 0 Å². The molecule has 0 fully saturated rings. The van der Waals surface area contributed by atoms with Crippen molar-refractivity contribution in [2.45, 2.75) is 6.42 Å². The molecule has 0 bridgehead atoms. The van der Waals surface area contributed by atoms with Gasteiger partial charge in [0.25, 0.3) is 0 Å². The monoisotopic (exact) mass is 169 g/mol. The van der Waals surface area contributed by atoms with Gasteiger partial charge in [-0.1, -0.05) is 17.4 Å². The van der Waals surface area contributed by atoms with Gasteiger partial charge in [-0.2, -0.15) is 0 Å². The average molecular weight is 169 g/mol. The molecule has 0 atom stereocenters. The van der Waals surface area contributed by atoms with E-state index in [1.807, 2.05) is 0 Å². The van der Waals surface area contributed by atoms with E-state index < -0.39 is 0 Å². The normalized spacial score (nSPS) is 10.6. The predicted octanol–water partition coefficient (Wildman–Crippen LogP) is 1.02. The minimum absolute atomic E-state index is 0.146. The van der Waals surface area contributed by atoms with Crippen LogP contribution in [0.5, 0.6) is 5.75 Å². The molecule has 66 valence electrons. The first kappa shape index (κ1) is 8.99. The van der Waals surface area contributed by atoms with Crippen LogP contribution in [0.3, 0.4) is 0 Å². The van der Waals surface area contributed by atoms with E-state index in [1.165, 1.54) is 0 Å². The number of phenolic OH excluding ortho intramolecular Hbond substituents is 1. The van der Waals surface area contributed by atoms with Gasteiger partial charge in [0.15, 0.2) is 0 Å². The van der Waals surface area contributed by atoms with Crippen LogP contribution in [0, 0.1) is 0 Å². The summed E-state index contributed by atoms with van der Waals surface area (Å²) >= 11 is 0. The zero-order chi connectivity index (χ0) is 8.97. The molecule has 0 aliphatic heterocycles. The number of hydroxylamine groups is 2. The molecule has 0 aliphatic carbocycles. The summed E-state index contributed by atoms with van der Waals surface area (Å²) in [5, 5.41) is 25.9. The van der Waals surface area contributed by atoms with E-state index in [1.54, 1.807) is 24.3 Å². The van der Waals surface area contributed by atoms with Crippen molar-refractivity contribution in [2.24, 2.45) is 0 Å². The van der Waals surface area contributed by atoms with Crippen LogP contribution in [0.25, 0.3) is 0 Å². The second-order valence-electron chi connectivity index (χ2n) is 2.51. The molecule has 0 spiro atoms. The number of phenols is 1. The van der Waals surface area contributed by atoms with Crippen LogP contribution in [0.2, 0.25) is 0 Å². The maximum Gasteiger partial charge on any atom is 0.115 e. The van der Waals surface area contributed by atoms with Gasteiger partial charge in [-0.15, -0.1) is 0 Å². The molecule has 1 rings (SSSR count). The van der Waals surface area contributed by atoms with E-state index in [9.17, 15) is 0 Å². The van der Waals surface area contributed by atoms with Gasteiger partial charge >= 0.3 is 0 Å². The van der Waals surface area contributed by atoms with Gasteiger partial charge in [0.05, 0.1) is 6.54 Å². The Balaban J connectivity index is 2.48. The summed E-state index contributed by atoms with van der Waals surface area (Å²) in [7, 11) is 0. The highest BCUT2D eigenvalue weighted by molar-refractivity contribution is 5.25. The Kier molecular flexibility index (Phi) is 3.04. The topological polar surface area (TPSA) is 63.9 Å². The van der Waals surface area contributed by atoms with Crippen molar-refractivity contribution in [3.63, 3.8) is 0 Å². The number of hydrogen-bond donors (Lipinski definition) is 3. The lowest BCUT2D eigenvalue weighted by Gasteiger charge is -2.05. The summed E-state index contributed by atoms with van der Waals surface area (Å²) in [5.41, 5.74) is 0.945. The zero-order valence-corrected chi connectivity index (χ0v) is 6.51. The molecule has 1 aromatic rings. The molecular weight excluding hydrogens is 158 g/mol. The fraction of sp³-hybridized carbons (Fsp3) is 0.250. The Bertz CT molecular complexity index is 233. The third-order valence-electron chi connectivity index (χ3n) is 1.54. The van der Waals surface area contributed by atoms with Gasteiger partial charge < -0.3 is 5.11 Å². The van der Waals surface area contributed by atoms with E-state index in [4.69, 9.17) is 15.5 Å². The third-order valence-corrected chi connectivity index (χ3v) is 1.54. The molecule has 0 unspecified atom stereocenters. The fourth-order valence-corrected chi connectivity index (χ4v) is 0.892. The van der Waals surface area contributed by atoms with Crippen molar-refractivity contribution in [1.82, 2.24) is 5.23 Å². The first-order valence-corrected chi connectivity index (χ1v) is 3.61. The predicted molar refractivity (Wildman–Crippen MR) is 42.1 cm³/mol. The molecule has 4 heteroatoms.